The highest BCUT2D eigenvalue weighted by atomic mass is 19.1. The lowest BCUT2D eigenvalue weighted by Gasteiger charge is -2.11. The molecule has 0 fully saturated rings. The van der Waals surface area contributed by atoms with Crippen LogP contribution >= 0.6 is 0 Å². The highest BCUT2D eigenvalue weighted by Crippen LogP contribution is 2.28. The third kappa shape index (κ3) is 2.91. The van der Waals surface area contributed by atoms with E-state index >= 15 is 0 Å². The van der Waals surface area contributed by atoms with Gasteiger partial charge < -0.3 is 0 Å². The average Bonchev–Trinajstić information content (AvgIpc) is 2.56. The van der Waals surface area contributed by atoms with Crippen LogP contribution in [0.1, 0.15) is 25.3 Å². The Labute approximate surface area is 130 Å². The highest BCUT2D eigenvalue weighted by Gasteiger charge is 2.09. The Morgan fingerprint density at radius 1 is 0.818 bits per heavy atom. The summed E-state index contributed by atoms with van der Waals surface area (Å²) < 4.78 is 13.9. The molecule has 110 valence electrons. The van der Waals surface area contributed by atoms with Crippen molar-refractivity contribution < 1.29 is 4.39 Å². The minimum Gasteiger partial charge on any atom is -0.256 e. The molecule has 2 heteroatoms. The van der Waals surface area contributed by atoms with Crippen LogP contribution in [0.2, 0.25) is 0 Å². The molecule has 0 unspecified atom stereocenters. The van der Waals surface area contributed by atoms with Crippen molar-refractivity contribution in [2.24, 2.45) is 0 Å². The van der Waals surface area contributed by atoms with Gasteiger partial charge in [-0.05, 0) is 46.9 Å². The summed E-state index contributed by atoms with van der Waals surface area (Å²) >= 11 is 0. The lowest BCUT2D eigenvalue weighted by Crippen LogP contribution is -1.94. The molecule has 0 aliphatic rings. The van der Waals surface area contributed by atoms with Crippen molar-refractivity contribution in [3.63, 3.8) is 0 Å². The van der Waals surface area contributed by atoms with Gasteiger partial charge in [-0.2, -0.15) is 0 Å². The summed E-state index contributed by atoms with van der Waals surface area (Å²) in [6.45, 7) is 4.01. The van der Waals surface area contributed by atoms with E-state index in [0.29, 0.717) is 0 Å². The van der Waals surface area contributed by atoms with Crippen LogP contribution in [0.15, 0.2) is 66.9 Å². The van der Waals surface area contributed by atoms with Gasteiger partial charge in [0.05, 0.1) is 5.69 Å². The summed E-state index contributed by atoms with van der Waals surface area (Å²) in [5, 5.41) is 0. The first kappa shape index (κ1) is 14.5. The Morgan fingerprint density at radius 2 is 1.55 bits per heavy atom. The number of halogens is 1. The maximum atomic E-state index is 13.9. The van der Waals surface area contributed by atoms with E-state index in [-0.39, 0.29) is 11.7 Å². The average molecular weight is 291 g/mol. The largest absolute Gasteiger partial charge is 0.256 e. The standard InChI is InChI=1S/C20H18FN/c1-14(2)18-12-16(8-9-19(18)21)17-10-11-22-20(13-17)15-6-4-3-5-7-15/h3-14H,1-2H3. The third-order valence-corrected chi connectivity index (χ3v) is 3.78. The van der Waals surface area contributed by atoms with E-state index in [1.807, 2.05) is 68.4 Å². The summed E-state index contributed by atoms with van der Waals surface area (Å²) in [6.07, 6.45) is 1.80. The van der Waals surface area contributed by atoms with E-state index in [4.69, 9.17) is 0 Å². The van der Waals surface area contributed by atoms with Crippen LogP contribution < -0.4 is 0 Å². The molecule has 3 aromatic rings. The predicted molar refractivity (Wildman–Crippen MR) is 89.2 cm³/mol. The molecule has 0 aliphatic carbocycles. The lowest BCUT2D eigenvalue weighted by atomic mass is 9.96. The van der Waals surface area contributed by atoms with Crippen LogP contribution in [0.4, 0.5) is 4.39 Å². The normalized spacial score (nSPS) is 10.9. The van der Waals surface area contributed by atoms with Gasteiger partial charge in [-0.1, -0.05) is 50.2 Å². The van der Waals surface area contributed by atoms with Gasteiger partial charge in [0, 0.05) is 11.8 Å². The monoisotopic (exact) mass is 291 g/mol. The molecular formula is C20H18FN. The Kier molecular flexibility index (Phi) is 4.01. The van der Waals surface area contributed by atoms with Gasteiger partial charge in [-0.15, -0.1) is 0 Å². The molecule has 0 saturated heterocycles. The Bertz CT molecular complexity index is 779. The van der Waals surface area contributed by atoms with Crippen LogP contribution in [-0.4, -0.2) is 4.98 Å². The number of benzene rings is 2. The summed E-state index contributed by atoms with van der Waals surface area (Å²) in [7, 11) is 0. The molecule has 3 rings (SSSR count). The van der Waals surface area contributed by atoms with Gasteiger partial charge in [0.15, 0.2) is 0 Å². The van der Waals surface area contributed by atoms with Gasteiger partial charge in [0.1, 0.15) is 5.82 Å². The molecule has 0 N–H and O–H groups in total. The Balaban J connectivity index is 2.05. The molecular weight excluding hydrogens is 273 g/mol. The minimum absolute atomic E-state index is 0.143. The number of hydrogen-bond donors (Lipinski definition) is 0. The summed E-state index contributed by atoms with van der Waals surface area (Å²) in [6, 6.07) is 19.4. The van der Waals surface area contributed by atoms with Crippen molar-refractivity contribution in [1.82, 2.24) is 4.98 Å². The summed E-state index contributed by atoms with van der Waals surface area (Å²) in [5.41, 5.74) is 4.82. The zero-order valence-corrected chi connectivity index (χ0v) is 12.8. The van der Waals surface area contributed by atoms with Crippen LogP contribution in [0, 0.1) is 5.82 Å². The van der Waals surface area contributed by atoms with E-state index in [1.54, 1.807) is 12.3 Å². The fourth-order valence-electron chi connectivity index (χ4n) is 2.54. The first-order valence-corrected chi connectivity index (χ1v) is 7.46. The second kappa shape index (κ2) is 6.10. The van der Waals surface area contributed by atoms with Crippen LogP contribution in [0.3, 0.4) is 0 Å². The first-order chi connectivity index (χ1) is 10.6. The molecule has 1 aromatic heterocycles. The van der Waals surface area contributed by atoms with Crippen molar-refractivity contribution in [1.29, 1.82) is 0 Å². The maximum absolute atomic E-state index is 13.9. The van der Waals surface area contributed by atoms with Gasteiger partial charge in [0.25, 0.3) is 0 Å². The number of hydrogen-bond acceptors (Lipinski definition) is 1. The Hall–Kier alpha value is -2.48. The van der Waals surface area contributed by atoms with E-state index in [0.717, 1.165) is 27.9 Å². The SMILES string of the molecule is CC(C)c1cc(-c2ccnc(-c3ccccc3)c2)ccc1F. The molecule has 1 heterocycles. The van der Waals surface area contributed by atoms with Gasteiger partial charge in [-0.25, -0.2) is 4.39 Å². The smallest absolute Gasteiger partial charge is 0.126 e. The van der Waals surface area contributed by atoms with Crippen molar-refractivity contribution >= 4 is 0 Å². The zero-order valence-electron chi connectivity index (χ0n) is 12.8. The molecule has 0 radical (unpaired) electrons. The Morgan fingerprint density at radius 3 is 2.27 bits per heavy atom. The molecule has 22 heavy (non-hydrogen) atoms. The number of nitrogens with zero attached hydrogens (tertiary/aromatic N) is 1. The molecule has 1 nitrogen and oxygen atoms in total. The fraction of sp³-hybridized carbons (Fsp3) is 0.150. The van der Waals surface area contributed by atoms with E-state index in [1.165, 1.54) is 0 Å². The summed E-state index contributed by atoms with van der Waals surface area (Å²) in [4.78, 5) is 4.44. The van der Waals surface area contributed by atoms with Gasteiger partial charge >= 0.3 is 0 Å². The molecule has 0 spiro atoms. The van der Waals surface area contributed by atoms with Crippen LogP contribution in [0.5, 0.6) is 0 Å². The second-order valence-corrected chi connectivity index (χ2v) is 5.69. The summed E-state index contributed by atoms with van der Waals surface area (Å²) in [5.74, 6) is 0.0199. The molecule has 0 atom stereocenters. The van der Waals surface area contributed by atoms with E-state index < -0.39 is 0 Å². The first-order valence-electron chi connectivity index (χ1n) is 7.46. The predicted octanol–water partition coefficient (Wildman–Crippen LogP) is 5.68. The fourth-order valence-corrected chi connectivity index (χ4v) is 2.54. The minimum atomic E-state index is -0.143. The number of pyridine rings is 1. The maximum Gasteiger partial charge on any atom is 0.126 e. The van der Waals surface area contributed by atoms with Crippen LogP contribution in [0.25, 0.3) is 22.4 Å². The van der Waals surface area contributed by atoms with Gasteiger partial charge in [0.2, 0.25) is 0 Å². The van der Waals surface area contributed by atoms with Gasteiger partial charge in [-0.3, -0.25) is 4.98 Å². The topological polar surface area (TPSA) is 12.9 Å². The van der Waals surface area contributed by atoms with Crippen molar-refractivity contribution in [2.75, 3.05) is 0 Å². The molecule has 0 saturated carbocycles. The number of aromatic nitrogens is 1. The second-order valence-electron chi connectivity index (χ2n) is 5.69. The molecule has 2 aromatic carbocycles. The third-order valence-electron chi connectivity index (χ3n) is 3.78. The molecule has 0 aliphatic heterocycles. The van der Waals surface area contributed by atoms with Crippen molar-refractivity contribution in [3.05, 3.63) is 78.2 Å². The highest BCUT2D eigenvalue weighted by molar-refractivity contribution is 5.70. The van der Waals surface area contributed by atoms with Crippen molar-refractivity contribution in [3.8, 4) is 22.4 Å². The molecule has 0 amide bonds. The zero-order chi connectivity index (χ0) is 15.5. The van der Waals surface area contributed by atoms with E-state index in [2.05, 4.69) is 4.98 Å². The quantitative estimate of drug-likeness (QED) is 0.605. The lowest BCUT2D eigenvalue weighted by molar-refractivity contribution is 0.598. The molecule has 0 bridgehead atoms. The number of rotatable bonds is 3. The van der Waals surface area contributed by atoms with Crippen molar-refractivity contribution in [2.45, 2.75) is 19.8 Å². The van der Waals surface area contributed by atoms with E-state index in [9.17, 15) is 4.39 Å². The van der Waals surface area contributed by atoms with Crippen LogP contribution in [-0.2, 0) is 0 Å².